The Morgan fingerprint density at radius 1 is 1.28 bits per heavy atom. The second-order valence-corrected chi connectivity index (χ2v) is 6.62. The van der Waals surface area contributed by atoms with Gasteiger partial charge in [-0.1, -0.05) is 27.5 Å². The number of nitrogens with zero attached hydrogens (tertiary/aromatic N) is 1. The number of ether oxygens (including phenoxy) is 1. The van der Waals surface area contributed by atoms with Gasteiger partial charge < -0.3 is 20.4 Å². The van der Waals surface area contributed by atoms with Gasteiger partial charge >= 0.3 is 6.03 Å². The van der Waals surface area contributed by atoms with Crippen LogP contribution in [0.1, 0.15) is 6.42 Å². The fourth-order valence-corrected chi connectivity index (χ4v) is 2.97. The van der Waals surface area contributed by atoms with Crippen LogP contribution in [0.3, 0.4) is 0 Å². The number of aromatic nitrogens is 2. The number of benzene rings is 2. The van der Waals surface area contributed by atoms with Crippen LogP contribution < -0.4 is 15.4 Å². The highest BCUT2D eigenvalue weighted by molar-refractivity contribution is 9.10. The number of anilines is 1. The molecule has 130 valence electrons. The highest BCUT2D eigenvalue weighted by atomic mass is 79.9. The van der Waals surface area contributed by atoms with E-state index in [1.807, 2.05) is 18.2 Å². The maximum absolute atomic E-state index is 11.9. The maximum Gasteiger partial charge on any atom is 0.319 e. The third-order valence-corrected chi connectivity index (χ3v) is 4.22. The standard InChI is InChI=1S/C17H16BrClN4O2/c18-11-2-5-16(13(19)8-11)25-7-1-6-20-17(24)23-12-3-4-14-15(9-12)22-10-21-14/h2-5,8-10H,1,6-7H2,(H,21,22)(H2,20,23,24). The zero-order valence-electron chi connectivity index (χ0n) is 13.2. The summed E-state index contributed by atoms with van der Waals surface area (Å²) < 4.78 is 6.50. The molecule has 25 heavy (non-hydrogen) atoms. The number of hydrogen-bond acceptors (Lipinski definition) is 3. The van der Waals surface area contributed by atoms with Crippen LogP contribution in [0.5, 0.6) is 5.75 Å². The summed E-state index contributed by atoms with van der Waals surface area (Å²) in [6.45, 7) is 0.952. The van der Waals surface area contributed by atoms with Gasteiger partial charge in [-0.25, -0.2) is 9.78 Å². The topological polar surface area (TPSA) is 79.0 Å². The molecular formula is C17H16BrClN4O2. The molecule has 3 rings (SSSR count). The number of nitrogens with one attached hydrogen (secondary N) is 3. The molecule has 0 atom stereocenters. The molecule has 1 aromatic heterocycles. The largest absolute Gasteiger partial charge is 0.492 e. The maximum atomic E-state index is 11.9. The zero-order valence-corrected chi connectivity index (χ0v) is 15.5. The normalized spacial score (nSPS) is 10.6. The highest BCUT2D eigenvalue weighted by Gasteiger charge is 2.04. The van der Waals surface area contributed by atoms with Gasteiger partial charge in [-0.3, -0.25) is 0 Å². The lowest BCUT2D eigenvalue weighted by Gasteiger charge is -2.10. The summed E-state index contributed by atoms with van der Waals surface area (Å²) in [4.78, 5) is 19.0. The number of urea groups is 1. The Hall–Kier alpha value is -2.25. The first-order valence-electron chi connectivity index (χ1n) is 7.67. The van der Waals surface area contributed by atoms with Crippen LogP contribution in [0.4, 0.5) is 10.5 Å². The van der Waals surface area contributed by atoms with Gasteiger partial charge in [0.15, 0.2) is 0 Å². The average molecular weight is 424 g/mol. The van der Waals surface area contributed by atoms with Gasteiger partial charge in [0, 0.05) is 16.7 Å². The Morgan fingerprint density at radius 2 is 2.16 bits per heavy atom. The molecule has 8 heteroatoms. The fraction of sp³-hybridized carbons (Fsp3) is 0.176. The van der Waals surface area contributed by atoms with Crippen LogP contribution in [0.15, 0.2) is 47.2 Å². The molecular weight excluding hydrogens is 408 g/mol. The van der Waals surface area contributed by atoms with Crippen LogP contribution in [-0.2, 0) is 0 Å². The lowest BCUT2D eigenvalue weighted by Crippen LogP contribution is -2.30. The summed E-state index contributed by atoms with van der Waals surface area (Å²) in [5, 5.41) is 6.12. The minimum Gasteiger partial charge on any atom is -0.492 e. The molecule has 3 N–H and O–H groups in total. The zero-order chi connectivity index (χ0) is 17.6. The van der Waals surface area contributed by atoms with Crippen LogP contribution in [0.25, 0.3) is 11.0 Å². The molecule has 0 unspecified atom stereocenters. The quantitative estimate of drug-likeness (QED) is 0.508. The van der Waals surface area contributed by atoms with Gasteiger partial charge in [0.1, 0.15) is 5.75 Å². The van der Waals surface area contributed by atoms with Crippen molar-refractivity contribution < 1.29 is 9.53 Å². The van der Waals surface area contributed by atoms with E-state index in [4.69, 9.17) is 16.3 Å². The van der Waals surface area contributed by atoms with E-state index in [0.717, 1.165) is 15.5 Å². The summed E-state index contributed by atoms with van der Waals surface area (Å²) in [6, 6.07) is 10.7. The number of imidazole rings is 1. The second kappa shape index (κ2) is 8.22. The molecule has 6 nitrogen and oxygen atoms in total. The van der Waals surface area contributed by atoms with Crippen molar-refractivity contribution in [2.45, 2.75) is 6.42 Å². The number of hydrogen-bond donors (Lipinski definition) is 3. The van der Waals surface area contributed by atoms with Crippen molar-refractivity contribution in [2.24, 2.45) is 0 Å². The van der Waals surface area contributed by atoms with E-state index in [0.29, 0.717) is 36.0 Å². The van der Waals surface area contributed by atoms with E-state index >= 15 is 0 Å². The molecule has 2 amide bonds. The minimum absolute atomic E-state index is 0.263. The SMILES string of the molecule is O=C(NCCCOc1ccc(Br)cc1Cl)Nc1ccc2nc[nH]c2c1. The number of H-pyrrole nitrogens is 1. The van der Waals surface area contributed by atoms with E-state index in [9.17, 15) is 4.79 Å². The molecule has 3 aromatic rings. The molecule has 2 aromatic carbocycles. The third kappa shape index (κ3) is 4.87. The Morgan fingerprint density at radius 3 is 3.00 bits per heavy atom. The predicted octanol–water partition coefficient (Wildman–Crippen LogP) is 4.57. The number of rotatable bonds is 6. The van der Waals surface area contributed by atoms with Crippen LogP contribution in [0.2, 0.25) is 5.02 Å². The average Bonchev–Trinajstić information content (AvgIpc) is 3.04. The van der Waals surface area contributed by atoms with Crippen molar-refractivity contribution in [3.05, 3.63) is 52.2 Å². The molecule has 0 spiro atoms. The lowest BCUT2D eigenvalue weighted by atomic mass is 10.3. The van der Waals surface area contributed by atoms with Gasteiger partial charge in [0.25, 0.3) is 0 Å². The van der Waals surface area contributed by atoms with Gasteiger partial charge in [0.05, 0.1) is 29.0 Å². The van der Waals surface area contributed by atoms with Gasteiger partial charge in [-0.2, -0.15) is 0 Å². The molecule has 0 radical (unpaired) electrons. The third-order valence-electron chi connectivity index (χ3n) is 3.44. The summed E-state index contributed by atoms with van der Waals surface area (Å²) in [5.74, 6) is 0.627. The number of halogens is 2. The summed E-state index contributed by atoms with van der Waals surface area (Å²) >= 11 is 9.42. The molecule has 0 bridgehead atoms. The van der Waals surface area contributed by atoms with Crippen molar-refractivity contribution in [2.75, 3.05) is 18.5 Å². The predicted molar refractivity (Wildman–Crippen MR) is 102 cm³/mol. The highest BCUT2D eigenvalue weighted by Crippen LogP contribution is 2.27. The molecule has 0 fully saturated rings. The molecule has 0 aliphatic rings. The fourth-order valence-electron chi connectivity index (χ4n) is 2.24. The van der Waals surface area contributed by atoms with E-state index in [2.05, 4.69) is 36.5 Å². The van der Waals surface area contributed by atoms with Gasteiger partial charge in [-0.05, 0) is 42.8 Å². The number of carbonyl (C=O) groups is 1. The number of fused-ring (bicyclic) bond motifs is 1. The van der Waals surface area contributed by atoms with Gasteiger partial charge in [-0.15, -0.1) is 0 Å². The molecule has 0 aliphatic heterocycles. The van der Waals surface area contributed by atoms with Gasteiger partial charge in [0.2, 0.25) is 0 Å². The lowest BCUT2D eigenvalue weighted by molar-refractivity contribution is 0.250. The van der Waals surface area contributed by atoms with Crippen LogP contribution in [0, 0.1) is 0 Å². The molecule has 1 heterocycles. The van der Waals surface area contributed by atoms with Crippen LogP contribution >= 0.6 is 27.5 Å². The minimum atomic E-state index is -0.263. The van der Waals surface area contributed by atoms with E-state index < -0.39 is 0 Å². The van der Waals surface area contributed by atoms with E-state index in [1.54, 1.807) is 24.5 Å². The summed E-state index contributed by atoms with van der Waals surface area (Å²) in [6.07, 6.45) is 2.28. The Kier molecular flexibility index (Phi) is 5.78. The van der Waals surface area contributed by atoms with Crippen molar-refractivity contribution in [1.29, 1.82) is 0 Å². The van der Waals surface area contributed by atoms with E-state index in [-0.39, 0.29) is 6.03 Å². The number of aromatic amines is 1. The Balaban J connectivity index is 1.39. The monoisotopic (exact) mass is 422 g/mol. The number of amides is 2. The summed E-state index contributed by atoms with van der Waals surface area (Å²) in [7, 11) is 0. The van der Waals surface area contributed by atoms with Crippen molar-refractivity contribution in [3.8, 4) is 5.75 Å². The van der Waals surface area contributed by atoms with Crippen molar-refractivity contribution >= 4 is 50.3 Å². The second-order valence-electron chi connectivity index (χ2n) is 5.29. The molecule has 0 aliphatic carbocycles. The molecule has 0 saturated heterocycles. The van der Waals surface area contributed by atoms with Crippen molar-refractivity contribution in [3.63, 3.8) is 0 Å². The Labute approximate surface area is 158 Å². The first-order valence-corrected chi connectivity index (χ1v) is 8.85. The first-order chi connectivity index (χ1) is 12.1. The summed E-state index contributed by atoms with van der Waals surface area (Å²) in [5.41, 5.74) is 2.43. The smallest absolute Gasteiger partial charge is 0.319 e. The van der Waals surface area contributed by atoms with Crippen LogP contribution in [-0.4, -0.2) is 29.2 Å². The van der Waals surface area contributed by atoms with Crippen molar-refractivity contribution in [1.82, 2.24) is 15.3 Å². The first kappa shape index (κ1) is 17.6. The van der Waals surface area contributed by atoms with E-state index in [1.165, 1.54) is 0 Å². The Bertz CT molecular complexity index is 884. The molecule has 0 saturated carbocycles. The number of carbonyl (C=O) groups excluding carboxylic acids is 1.